The summed E-state index contributed by atoms with van der Waals surface area (Å²) in [6, 6.07) is 2.10. The van der Waals surface area contributed by atoms with Crippen LogP contribution in [0.5, 0.6) is 0 Å². The Morgan fingerprint density at radius 2 is 2.24 bits per heavy atom. The largest absolute Gasteiger partial charge is 0.342 e. The molecule has 3 nitrogen and oxygen atoms in total. The summed E-state index contributed by atoms with van der Waals surface area (Å²) in [4.78, 5) is 17.1. The van der Waals surface area contributed by atoms with Crippen molar-refractivity contribution in [2.75, 3.05) is 26.2 Å². The SMILES string of the molecule is CC(=O)N1CCCN(Cc2sccc2Br)CC1. The van der Waals surface area contributed by atoms with Crippen LogP contribution in [-0.4, -0.2) is 41.9 Å². The first-order chi connectivity index (χ1) is 8.16. The van der Waals surface area contributed by atoms with Crippen LogP contribution in [0.25, 0.3) is 0 Å². The molecule has 0 spiro atoms. The van der Waals surface area contributed by atoms with Crippen LogP contribution >= 0.6 is 27.3 Å². The molecule has 1 amide bonds. The van der Waals surface area contributed by atoms with Gasteiger partial charge in [0.25, 0.3) is 0 Å². The molecular weight excluding hydrogens is 300 g/mol. The zero-order valence-electron chi connectivity index (χ0n) is 9.99. The average Bonchev–Trinajstić information content (AvgIpc) is 2.55. The van der Waals surface area contributed by atoms with Gasteiger partial charge in [-0.2, -0.15) is 0 Å². The molecule has 0 aromatic carbocycles. The molecular formula is C12H17BrN2OS. The highest BCUT2D eigenvalue weighted by molar-refractivity contribution is 9.10. The summed E-state index contributed by atoms with van der Waals surface area (Å²) in [7, 11) is 0. The molecule has 1 saturated heterocycles. The molecule has 0 unspecified atom stereocenters. The third-order valence-corrected chi connectivity index (χ3v) is 5.00. The van der Waals surface area contributed by atoms with E-state index < -0.39 is 0 Å². The predicted molar refractivity (Wildman–Crippen MR) is 74.2 cm³/mol. The minimum atomic E-state index is 0.198. The monoisotopic (exact) mass is 316 g/mol. The summed E-state index contributed by atoms with van der Waals surface area (Å²) in [5.74, 6) is 0.198. The molecule has 1 aliphatic rings. The molecule has 0 N–H and O–H groups in total. The van der Waals surface area contributed by atoms with E-state index in [1.54, 1.807) is 18.3 Å². The van der Waals surface area contributed by atoms with Crippen molar-refractivity contribution in [3.63, 3.8) is 0 Å². The Morgan fingerprint density at radius 1 is 1.41 bits per heavy atom. The average molecular weight is 317 g/mol. The molecule has 17 heavy (non-hydrogen) atoms. The first-order valence-corrected chi connectivity index (χ1v) is 7.54. The second-order valence-corrected chi connectivity index (χ2v) is 6.18. The molecule has 5 heteroatoms. The molecule has 0 atom stereocenters. The Morgan fingerprint density at radius 3 is 2.88 bits per heavy atom. The van der Waals surface area contributed by atoms with Gasteiger partial charge in [0, 0.05) is 49.0 Å². The Bertz CT molecular complexity index is 394. The molecule has 0 bridgehead atoms. The number of rotatable bonds is 2. The minimum Gasteiger partial charge on any atom is -0.342 e. The number of thiophene rings is 1. The maximum absolute atomic E-state index is 11.3. The fourth-order valence-corrected chi connectivity index (χ4v) is 3.60. The zero-order valence-corrected chi connectivity index (χ0v) is 12.4. The molecule has 0 radical (unpaired) electrons. The fourth-order valence-electron chi connectivity index (χ4n) is 2.08. The van der Waals surface area contributed by atoms with Gasteiger partial charge in [-0.25, -0.2) is 0 Å². The smallest absolute Gasteiger partial charge is 0.219 e. The summed E-state index contributed by atoms with van der Waals surface area (Å²) in [6.45, 7) is 6.46. The Balaban J connectivity index is 1.91. The van der Waals surface area contributed by atoms with Crippen LogP contribution in [0.3, 0.4) is 0 Å². The summed E-state index contributed by atoms with van der Waals surface area (Å²) >= 11 is 5.35. The highest BCUT2D eigenvalue weighted by Crippen LogP contribution is 2.24. The van der Waals surface area contributed by atoms with Gasteiger partial charge in [-0.15, -0.1) is 11.3 Å². The van der Waals surface area contributed by atoms with Crippen LogP contribution in [0.15, 0.2) is 15.9 Å². The van der Waals surface area contributed by atoms with Crippen molar-refractivity contribution in [3.05, 3.63) is 20.8 Å². The molecule has 1 aromatic heterocycles. The summed E-state index contributed by atoms with van der Waals surface area (Å²) < 4.78 is 1.20. The summed E-state index contributed by atoms with van der Waals surface area (Å²) in [5.41, 5.74) is 0. The topological polar surface area (TPSA) is 23.6 Å². The Hall–Kier alpha value is -0.390. The van der Waals surface area contributed by atoms with Crippen molar-refractivity contribution in [1.82, 2.24) is 9.80 Å². The lowest BCUT2D eigenvalue weighted by Gasteiger charge is -2.20. The number of nitrogens with zero attached hydrogens (tertiary/aromatic N) is 2. The van der Waals surface area contributed by atoms with Crippen molar-refractivity contribution in [2.45, 2.75) is 19.9 Å². The van der Waals surface area contributed by atoms with E-state index in [0.717, 1.165) is 39.1 Å². The second-order valence-electron chi connectivity index (χ2n) is 4.33. The van der Waals surface area contributed by atoms with Gasteiger partial charge in [0.2, 0.25) is 5.91 Å². The lowest BCUT2D eigenvalue weighted by atomic mass is 10.3. The van der Waals surface area contributed by atoms with Gasteiger partial charge in [-0.1, -0.05) is 0 Å². The van der Waals surface area contributed by atoms with Gasteiger partial charge in [-0.05, 0) is 33.8 Å². The van der Waals surface area contributed by atoms with Crippen molar-refractivity contribution in [1.29, 1.82) is 0 Å². The fraction of sp³-hybridized carbons (Fsp3) is 0.583. The van der Waals surface area contributed by atoms with Crippen LogP contribution in [0, 0.1) is 0 Å². The van der Waals surface area contributed by atoms with Crippen LogP contribution in [0.2, 0.25) is 0 Å². The standard InChI is InChI=1S/C12H17BrN2OS/c1-10(16)15-5-2-4-14(6-7-15)9-12-11(13)3-8-17-12/h3,8H,2,4-7,9H2,1H3. The van der Waals surface area contributed by atoms with Gasteiger partial charge in [0.1, 0.15) is 0 Å². The number of halogens is 1. The van der Waals surface area contributed by atoms with Crippen LogP contribution in [-0.2, 0) is 11.3 Å². The predicted octanol–water partition coefficient (Wildman–Crippen LogP) is 2.56. The van der Waals surface area contributed by atoms with Crippen LogP contribution < -0.4 is 0 Å². The van der Waals surface area contributed by atoms with Crippen LogP contribution in [0.1, 0.15) is 18.2 Å². The number of amides is 1. The van der Waals surface area contributed by atoms with Crippen molar-refractivity contribution in [3.8, 4) is 0 Å². The quantitative estimate of drug-likeness (QED) is 0.837. The molecule has 2 rings (SSSR count). The highest BCUT2D eigenvalue weighted by atomic mass is 79.9. The van der Waals surface area contributed by atoms with E-state index in [2.05, 4.69) is 32.3 Å². The summed E-state index contributed by atoms with van der Waals surface area (Å²) in [5, 5.41) is 2.11. The number of hydrogen-bond donors (Lipinski definition) is 0. The molecule has 2 heterocycles. The third-order valence-electron chi connectivity index (χ3n) is 3.09. The van der Waals surface area contributed by atoms with E-state index in [1.165, 1.54) is 9.35 Å². The number of carbonyl (C=O) groups excluding carboxylic acids is 1. The molecule has 1 aliphatic heterocycles. The molecule has 1 fully saturated rings. The first kappa shape index (κ1) is 13.1. The maximum Gasteiger partial charge on any atom is 0.219 e. The molecule has 0 aliphatic carbocycles. The van der Waals surface area contributed by atoms with Crippen molar-refractivity contribution >= 4 is 33.2 Å². The van der Waals surface area contributed by atoms with Crippen molar-refractivity contribution < 1.29 is 4.79 Å². The van der Waals surface area contributed by atoms with Crippen molar-refractivity contribution in [2.24, 2.45) is 0 Å². The Labute approximate surface area is 115 Å². The molecule has 0 saturated carbocycles. The summed E-state index contributed by atoms with van der Waals surface area (Å²) in [6.07, 6.45) is 1.07. The van der Waals surface area contributed by atoms with Gasteiger partial charge < -0.3 is 4.90 Å². The van der Waals surface area contributed by atoms with Gasteiger partial charge >= 0.3 is 0 Å². The van der Waals surface area contributed by atoms with Gasteiger partial charge in [-0.3, -0.25) is 9.69 Å². The van der Waals surface area contributed by atoms with E-state index in [0.29, 0.717) is 0 Å². The van der Waals surface area contributed by atoms with E-state index in [-0.39, 0.29) is 5.91 Å². The second kappa shape index (κ2) is 5.98. The van der Waals surface area contributed by atoms with E-state index >= 15 is 0 Å². The molecule has 1 aromatic rings. The Kier molecular flexibility index (Phi) is 4.59. The third kappa shape index (κ3) is 3.53. The first-order valence-electron chi connectivity index (χ1n) is 5.86. The van der Waals surface area contributed by atoms with Gasteiger partial charge in [0.05, 0.1) is 0 Å². The van der Waals surface area contributed by atoms with E-state index in [9.17, 15) is 4.79 Å². The highest BCUT2D eigenvalue weighted by Gasteiger charge is 2.17. The minimum absolute atomic E-state index is 0.198. The lowest BCUT2D eigenvalue weighted by Crippen LogP contribution is -2.33. The lowest BCUT2D eigenvalue weighted by molar-refractivity contribution is -0.128. The van der Waals surface area contributed by atoms with E-state index in [4.69, 9.17) is 0 Å². The normalized spacial score (nSPS) is 18.1. The van der Waals surface area contributed by atoms with Gasteiger partial charge in [0.15, 0.2) is 0 Å². The zero-order chi connectivity index (χ0) is 12.3. The van der Waals surface area contributed by atoms with E-state index in [1.807, 2.05) is 4.90 Å². The van der Waals surface area contributed by atoms with Crippen LogP contribution in [0.4, 0.5) is 0 Å². The maximum atomic E-state index is 11.3. The number of hydrogen-bond acceptors (Lipinski definition) is 3. The molecule has 94 valence electrons. The number of carbonyl (C=O) groups is 1.